The van der Waals surface area contributed by atoms with Gasteiger partial charge in [-0.2, -0.15) is 4.31 Å². The molecule has 118 valence electrons. The lowest BCUT2D eigenvalue weighted by Crippen LogP contribution is -2.52. The molecule has 0 aromatic carbocycles. The zero-order valence-electron chi connectivity index (χ0n) is 12.3. The van der Waals surface area contributed by atoms with Gasteiger partial charge < -0.3 is 9.84 Å². The number of hydrogen-bond donors (Lipinski definition) is 1. The second kappa shape index (κ2) is 7.38. The van der Waals surface area contributed by atoms with Crippen LogP contribution in [0.15, 0.2) is 0 Å². The molecule has 1 N–H and O–H groups in total. The molecule has 6 nitrogen and oxygen atoms in total. The van der Waals surface area contributed by atoms with E-state index in [0.29, 0.717) is 25.9 Å². The highest BCUT2D eigenvalue weighted by molar-refractivity contribution is 7.89. The SMILES string of the molecule is COCCCS(=O)(=O)N(C)C1(CC(=O)O)CCCCC1. The summed E-state index contributed by atoms with van der Waals surface area (Å²) in [6.45, 7) is 0.388. The number of aliphatic carboxylic acids is 1. The highest BCUT2D eigenvalue weighted by atomic mass is 32.2. The summed E-state index contributed by atoms with van der Waals surface area (Å²) in [6.07, 6.45) is 4.35. The number of carboxylic acids is 1. The average Bonchev–Trinajstić information content (AvgIpc) is 2.38. The van der Waals surface area contributed by atoms with Crippen molar-refractivity contribution < 1.29 is 23.1 Å². The van der Waals surface area contributed by atoms with Crippen molar-refractivity contribution in [3.8, 4) is 0 Å². The Labute approximate surface area is 121 Å². The minimum absolute atomic E-state index is 0.00128. The van der Waals surface area contributed by atoms with Crippen molar-refractivity contribution in [1.29, 1.82) is 0 Å². The molecule has 0 aliphatic heterocycles. The van der Waals surface area contributed by atoms with Gasteiger partial charge in [-0.25, -0.2) is 8.42 Å². The molecule has 1 saturated carbocycles. The standard InChI is InChI=1S/C13H25NO5S/c1-14(20(17,18)10-6-9-19-2)13(11-12(15)16)7-4-3-5-8-13/h3-11H2,1-2H3,(H,15,16). The molecule has 0 bridgehead atoms. The molecule has 0 saturated heterocycles. The van der Waals surface area contributed by atoms with E-state index < -0.39 is 21.5 Å². The van der Waals surface area contributed by atoms with Crippen molar-refractivity contribution in [2.45, 2.75) is 50.5 Å². The molecular formula is C13H25NO5S. The van der Waals surface area contributed by atoms with Crippen LogP contribution in [-0.2, 0) is 19.6 Å². The first-order valence-corrected chi connectivity index (χ1v) is 8.62. The highest BCUT2D eigenvalue weighted by Crippen LogP contribution is 2.37. The predicted octanol–water partition coefficient (Wildman–Crippen LogP) is 1.46. The summed E-state index contributed by atoms with van der Waals surface area (Å²) < 4.78 is 30.9. The van der Waals surface area contributed by atoms with Crippen LogP contribution in [0.5, 0.6) is 0 Å². The van der Waals surface area contributed by atoms with Gasteiger partial charge in [-0.3, -0.25) is 4.79 Å². The average molecular weight is 307 g/mol. The summed E-state index contributed by atoms with van der Waals surface area (Å²) in [6, 6.07) is 0. The van der Waals surface area contributed by atoms with Crippen molar-refractivity contribution in [3.63, 3.8) is 0 Å². The Morgan fingerprint density at radius 3 is 2.40 bits per heavy atom. The predicted molar refractivity (Wildman–Crippen MR) is 76.1 cm³/mol. The number of nitrogens with zero attached hydrogens (tertiary/aromatic N) is 1. The summed E-state index contributed by atoms with van der Waals surface area (Å²) in [5.74, 6) is -0.940. The normalized spacial score (nSPS) is 19.1. The van der Waals surface area contributed by atoms with Crippen LogP contribution in [0.2, 0.25) is 0 Å². The number of sulfonamides is 1. The van der Waals surface area contributed by atoms with Gasteiger partial charge in [0.25, 0.3) is 0 Å². The van der Waals surface area contributed by atoms with Gasteiger partial charge in [0.05, 0.1) is 12.2 Å². The molecule has 0 unspecified atom stereocenters. The van der Waals surface area contributed by atoms with Gasteiger partial charge in [0, 0.05) is 26.3 Å². The van der Waals surface area contributed by atoms with Gasteiger partial charge in [-0.15, -0.1) is 0 Å². The maximum atomic E-state index is 12.4. The summed E-state index contributed by atoms with van der Waals surface area (Å²) in [5.41, 5.74) is -0.754. The Kier molecular flexibility index (Phi) is 6.42. The molecule has 0 spiro atoms. The van der Waals surface area contributed by atoms with E-state index in [4.69, 9.17) is 9.84 Å². The van der Waals surface area contributed by atoms with Crippen molar-refractivity contribution in [1.82, 2.24) is 4.31 Å². The minimum Gasteiger partial charge on any atom is -0.481 e. The zero-order chi connectivity index (χ0) is 15.2. The van der Waals surface area contributed by atoms with E-state index in [1.165, 1.54) is 18.5 Å². The maximum Gasteiger partial charge on any atom is 0.305 e. The fourth-order valence-electron chi connectivity index (χ4n) is 2.91. The monoisotopic (exact) mass is 307 g/mol. The summed E-state index contributed by atoms with van der Waals surface area (Å²) in [4.78, 5) is 11.1. The number of carbonyl (C=O) groups is 1. The topological polar surface area (TPSA) is 83.9 Å². The Morgan fingerprint density at radius 1 is 1.30 bits per heavy atom. The van der Waals surface area contributed by atoms with Gasteiger partial charge in [-0.1, -0.05) is 19.3 Å². The summed E-state index contributed by atoms with van der Waals surface area (Å²) in [5, 5.41) is 9.12. The summed E-state index contributed by atoms with van der Waals surface area (Å²) >= 11 is 0. The molecule has 0 aromatic heterocycles. The first-order valence-electron chi connectivity index (χ1n) is 7.01. The van der Waals surface area contributed by atoms with E-state index in [9.17, 15) is 13.2 Å². The van der Waals surface area contributed by atoms with Crippen molar-refractivity contribution in [2.75, 3.05) is 26.5 Å². The molecule has 0 atom stereocenters. The van der Waals surface area contributed by atoms with Crippen LogP contribution in [0.3, 0.4) is 0 Å². The smallest absolute Gasteiger partial charge is 0.305 e. The highest BCUT2D eigenvalue weighted by Gasteiger charge is 2.43. The van der Waals surface area contributed by atoms with Crippen LogP contribution in [0.1, 0.15) is 44.9 Å². The Hall–Kier alpha value is -0.660. The van der Waals surface area contributed by atoms with E-state index >= 15 is 0 Å². The second-order valence-corrected chi connectivity index (χ2v) is 7.61. The first kappa shape index (κ1) is 17.4. The Morgan fingerprint density at radius 2 is 1.90 bits per heavy atom. The lowest BCUT2D eigenvalue weighted by Gasteiger charge is -2.42. The van der Waals surface area contributed by atoms with Crippen LogP contribution in [0, 0.1) is 0 Å². The van der Waals surface area contributed by atoms with Gasteiger partial charge in [0.15, 0.2) is 0 Å². The van der Waals surface area contributed by atoms with E-state index in [1.54, 1.807) is 0 Å². The van der Waals surface area contributed by atoms with Crippen LogP contribution in [0.4, 0.5) is 0 Å². The number of ether oxygens (including phenoxy) is 1. The van der Waals surface area contributed by atoms with E-state index in [1.807, 2.05) is 0 Å². The van der Waals surface area contributed by atoms with E-state index in [-0.39, 0.29) is 12.2 Å². The lowest BCUT2D eigenvalue weighted by atomic mass is 9.79. The third-order valence-corrected chi connectivity index (χ3v) is 6.13. The largest absolute Gasteiger partial charge is 0.481 e. The Balaban J connectivity index is 2.86. The van der Waals surface area contributed by atoms with Crippen LogP contribution >= 0.6 is 0 Å². The van der Waals surface area contributed by atoms with Crippen molar-refractivity contribution in [3.05, 3.63) is 0 Å². The third kappa shape index (κ3) is 4.43. The minimum atomic E-state index is -3.45. The van der Waals surface area contributed by atoms with Gasteiger partial charge in [0.2, 0.25) is 10.0 Å². The molecule has 0 radical (unpaired) electrons. The molecule has 1 fully saturated rings. The number of hydrogen-bond acceptors (Lipinski definition) is 4. The maximum absolute atomic E-state index is 12.4. The molecule has 1 rings (SSSR count). The number of carboxylic acid groups (broad SMARTS) is 1. The quantitative estimate of drug-likeness (QED) is 0.686. The molecule has 0 amide bonds. The van der Waals surface area contributed by atoms with Gasteiger partial charge in [0.1, 0.15) is 0 Å². The first-order chi connectivity index (χ1) is 9.34. The molecular weight excluding hydrogens is 282 g/mol. The molecule has 1 aliphatic rings. The van der Waals surface area contributed by atoms with Crippen LogP contribution in [-0.4, -0.2) is 55.9 Å². The number of rotatable bonds is 8. The number of methoxy groups -OCH3 is 1. The van der Waals surface area contributed by atoms with Crippen LogP contribution < -0.4 is 0 Å². The molecule has 7 heteroatoms. The molecule has 1 aliphatic carbocycles. The van der Waals surface area contributed by atoms with Gasteiger partial charge >= 0.3 is 5.97 Å². The van der Waals surface area contributed by atoms with Crippen LogP contribution in [0.25, 0.3) is 0 Å². The van der Waals surface area contributed by atoms with Crippen molar-refractivity contribution in [2.24, 2.45) is 0 Å². The van der Waals surface area contributed by atoms with E-state index in [0.717, 1.165) is 19.3 Å². The molecule has 20 heavy (non-hydrogen) atoms. The fraction of sp³-hybridized carbons (Fsp3) is 0.923. The third-order valence-electron chi connectivity index (χ3n) is 4.10. The molecule has 0 heterocycles. The van der Waals surface area contributed by atoms with Crippen molar-refractivity contribution >= 4 is 16.0 Å². The molecule has 0 aromatic rings. The zero-order valence-corrected chi connectivity index (χ0v) is 13.1. The second-order valence-electron chi connectivity index (χ2n) is 5.49. The van der Waals surface area contributed by atoms with Gasteiger partial charge in [-0.05, 0) is 19.3 Å². The fourth-order valence-corrected chi connectivity index (χ4v) is 4.51. The summed E-state index contributed by atoms with van der Waals surface area (Å²) in [7, 11) is -0.391. The van der Waals surface area contributed by atoms with E-state index in [2.05, 4.69) is 0 Å². The Bertz CT molecular complexity index is 414. The lowest BCUT2D eigenvalue weighted by molar-refractivity contribution is -0.140.